The Bertz CT molecular complexity index is 895. The van der Waals surface area contributed by atoms with Crippen molar-refractivity contribution in [3.8, 4) is 6.07 Å². The summed E-state index contributed by atoms with van der Waals surface area (Å²) in [6, 6.07) is 2.16. The van der Waals surface area contributed by atoms with Crippen LogP contribution in [0, 0.1) is 28.4 Å². The van der Waals surface area contributed by atoms with E-state index in [9.17, 15) is 20.2 Å². The number of rotatable bonds is 4. The van der Waals surface area contributed by atoms with E-state index in [1.54, 1.807) is 6.92 Å². The number of carbonyl (C=O) groups excluding carboxylic acids is 1. The number of hydrogen-bond donors (Lipinski definition) is 1. The normalized spacial score (nSPS) is 12.7. The number of nitrogens with zero attached hydrogens (tertiary/aromatic N) is 4. The molecule has 124 valence electrons. The highest BCUT2D eigenvalue weighted by Crippen LogP contribution is 2.38. The van der Waals surface area contributed by atoms with Crippen LogP contribution in [0.5, 0.6) is 0 Å². The van der Waals surface area contributed by atoms with Crippen LogP contribution >= 0.6 is 27.3 Å². The quantitative estimate of drug-likeness (QED) is 0.615. The van der Waals surface area contributed by atoms with Crippen LogP contribution in [0.1, 0.15) is 28.1 Å². The molecule has 1 N–H and O–H groups in total. The van der Waals surface area contributed by atoms with E-state index < -0.39 is 4.92 Å². The number of nitriles is 1. The maximum atomic E-state index is 12.3. The highest BCUT2D eigenvalue weighted by atomic mass is 79.9. The lowest BCUT2D eigenvalue weighted by atomic mass is 10.1. The van der Waals surface area contributed by atoms with Crippen LogP contribution in [0.2, 0.25) is 0 Å². The molecule has 0 saturated heterocycles. The van der Waals surface area contributed by atoms with E-state index in [2.05, 4.69) is 32.4 Å². The zero-order chi connectivity index (χ0) is 17.4. The van der Waals surface area contributed by atoms with Gasteiger partial charge in [-0.1, -0.05) is 0 Å². The predicted molar refractivity (Wildman–Crippen MR) is 91.0 cm³/mol. The van der Waals surface area contributed by atoms with E-state index in [0.717, 1.165) is 29.7 Å². The highest BCUT2D eigenvalue weighted by molar-refractivity contribution is 9.10. The van der Waals surface area contributed by atoms with E-state index in [1.165, 1.54) is 16.0 Å². The van der Waals surface area contributed by atoms with Crippen molar-refractivity contribution >= 4 is 44.0 Å². The van der Waals surface area contributed by atoms with Crippen molar-refractivity contribution in [3.05, 3.63) is 36.3 Å². The largest absolute Gasteiger partial charge is 0.404 e. The summed E-state index contributed by atoms with van der Waals surface area (Å²) in [5, 5.41) is 27.3. The molecule has 2 aromatic heterocycles. The lowest BCUT2D eigenvalue weighted by Gasteiger charge is -2.03. The number of anilines is 1. The predicted octanol–water partition coefficient (Wildman–Crippen LogP) is 2.92. The zero-order valence-corrected chi connectivity index (χ0v) is 15.0. The molecule has 24 heavy (non-hydrogen) atoms. The molecule has 0 bridgehead atoms. The van der Waals surface area contributed by atoms with Gasteiger partial charge in [0, 0.05) is 4.88 Å². The van der Waals surface area contributed by atoms with Crippen molar-refractivity contribution in [2.45, 2.75) is 32.7 Å². The Kier molecular flexibility index (Phi) is 4.38. The van der Waals surface area contributed by atoms with Crippen molar-refractivity contribution in [2.75, 3.05) is 5.32 Å². The summed E-state index contributed by atoms with van der Waals surface area (Å²) in [6.45, 7) is 1.48. The molecule has 3 rings (SSSR count). The Morgan fingerprint density at radius 2 is 2.33 bits per heavy atom. The molecule has 10 heteroatoms. The first-order valence-corrected chi connectivity index (χ1v) is 8.75. The smallest absolute Gasteiger partial charge is 0.358 e. The summed E-state index contributed by atoms with van der Waals surface area (Å²) in [6.07, 6.45) is 2.83. The van der Waals surface area contributed by atoms with Gasteiger partial charge in [-0.2, -0.15) is 9.94 Å². The standard InChI is InChI=1S/C14H12BrN5O3S/c1-7-12(15)13(20(22)23)18-19(7)6-11(21)17-14-9(5-16)8-3-2-4-10(8)24-14/h2-4,6H2,1H3,(H,17,21). The van der Waals surface area contributed by atoms with Crippen LogP contribution in [-0.4, -0.2) is 20.6 Å². The van der Waals surface area contributed by atoms with E-state index in [-0.39, 0.29) is 22.7 Å². The van der Waals surface area contributed by atoms with Crippen LogP contribution in [0.25, 0.3) is 0 Å². The third-order valence-corrected chi connectivity index (χ3v) is 6.00. The molecule has 0 aliphatic heterocycles. The van der Waals surface area contributed by atoms with Gasteiger partial charge in [0.25, 0.3) is 0 Å². The van der Waals surface area contributed by atoms with Gasteiger partial charge >= 0.3 is 5.82 Å². The van der Waals surface area contributed by atoms with Crippen LogP contribution < -0.4 is 5.32 Å². The molecule has 0 aromatic carbocycles. The first-order chi connectivity index (χ1) is 11.4. The lowest BCUT2D eigenvalue weighted by Crippen LogP contribution is -2.20. The second-order valence-electron chi connectivity index (χ2n) is 5.36. The fourth-order valence-corrected chi connectivity index (χ4v) is 4.38. The minimum Gasteiger partial charge on any atom is -0.358 e. The van der Waals surface area contributed by atoms with E-state index >= 15 is 0 Å². The average Bonchev–Trinajstić information content (AvgIpc) is 3.16. The Morgan fingerprint density at radius 3 is 2.96 bits per heavy atom. The minimum absolute atomic E-state index is 0.161. The second kappa shape index (κ2) is 6.33. The van der Waals surface area contributed by atoms with Crippen LogP contribution in [0.15, 0.2) is 4.47 Å². The molecule has 2 heterocycles. The van der Waals surface area contributed by atoms with Gasteiger partial charge in [-0.05, 0) is 52.6 Å². The third-order valence-electron chi connectivity index (χ3n) is 3.87. The maximum Gasteiger partial charge on any atom is 0.404 e. The number of nitro groups is 1. The van der Waals surface area contributed by atoms with Gasteiger partial charge < -0.3 is 15.4 Å². The number of carbonyl (C=O) groups is 1. The van der Waals surface area contributed by atoms with E-state index in [1.807, 2.05) is 0 Å². The fraction of sp³-hybridized carbons (Fsp3) is 0.357. The lowest BCUT2D eigenvalue weighted by molar-refractivity contribution is -0.390. The number of aromatic nitrogens is 2. The number of nitrogens with one attached hydrogen (secondary N) is 1. The Labute approximate surface area is 149 Å². The highest BCUT2D eigenvalue weighted by Gasteiger charge is 2.26. The number of hydrogen-bond acceptors (Lipinski definition) is 6. The number of halogens is 1. The molecule has 0 spiro atoms. The van der Waals surface area contributed by atoms with Gasteiger partial charge in [-0.3, -0.25) is 4.79 Å². The maximum absolute atomic E-state index is 12.3. The number of amides is 1. The molecule has 0 atom stereocenters. The molecule has 1 aliphatic rings. The van der Waals surface area contributed by atoms with Crippen molar-refractivity contribution in [1.29, 1.82) is 5.26 Å². The topological polar surface area (TPSA) is 114 Å². The fourth-order valence-electron chi connectivity index (χ4n) is 2.69. The Hall–Kier alpha value is -2.25. The van der Waals surface area contributed by atoms with Crippen LogP contribution in [0.3, 0.4) is 0 Å². The minimum atomic E-state index is -0.608. The van der Waals surface area contributed by atoms with Crippen molar-refractivity contribution in [1.82, 2.24) is 9.78 Å². The SMILES string of the molecule is Cc1c(Br)c([N+](=O)[O-])nn1CC(=O)Nc1sc2c(c1C#N)CCC2. The van der Waals surface area contributed by atoms with Gasteiger partial charge in [0.05, 0.1) is 16.4 Å². The van der Waals surface area contributed by atoms with Crippen molar-refractivity contribution in [3.63, 3.8) is 0 Å². The Morgan fingerprint density at radius 1 is 1.58 bits per heavy atom. The summed E-state index contributed by atoms with van der Waals surface area (Å²) < 4.78 is 1.53. The van der Waals surface area contributed by atoms with Gasteiger partial charge in [-0.15, -0.1) is 11.3 Å². The zero-order valence-electron chi connectivity index (χ0n) is 12.6. The van der Waals surface area contributed by atoms with Crippen LogP contribution in [-0.2, 0) is 24.2 Å². The molecule has 0 radical (unpaired) electrons. The molecule has 1 amide bonds. The number of aryl methyl sites for hydroxylation is 1. The summed E-state index contributed by atoms with van der Waals surface area (Å²) in [5.41, 5.74) is 2.06. The van der Waals surface area contributed by atoms with Crippen molar-refractivity contribution in [2.24, 2.45) is 0 Å². The summed E-state index contributed by atoms with van der Waals surface area (Å²) >= 11 is 4.54. The third kappa shape index (κ3) is 2.81. The Balaban J connectivity index is 1.79. The monoisotopic (exact) mass is 409 g/mol. The summed E-state index contributed by atoms with van der Waals surface area (Å²) in [4.78, 5) is 23.7. The first kappa shape index (κ1) is 16.6. The van der Waals surface area contributed by atoms with Gasteiger partial charge in [0.2, 0.25) is 5.91 Å². The summed E-state index contributed by atoms with van der Waals surface area (Å²) in [7, 11) is 0. The van der Waals surface area contributed by atoms with Crippen molar-refractivity contribution < 1.29 is 9.72 Å². The number of thiophene rings is 1. The molecular weight excluding hydrogens is 398 g/mol. The molecular formula is C14H12BrN5O3S. The summed E-state index contributed by atoms with van der Waals surface area (Å²) in [5.74, 6) is -0.701. The van der Waals surface area contributed by atoms with E-state index in [0.29, 0.717) is 16.3 Å². The molecule has 8 nitrogen and oxygen atoms in total. The first-order valence-electron chi connectivity index (χ1n) is 7.14. The van der Waals surface area contributed by atoms with Gasteiger partial charge in [0.15, 0.2) is 0 Å². The second-order valence-corrected chi connectivity index (χ2v) is 7.26. The molecule has 0 unspecified atom stereocenters. The molecule has 0 saturated carbocycles. The average molecular weight is 410 g/mol. The molecule has 1 aliphatic carbocycles. The molecule has 2 aromatic rings. The van der Waals surface area contributed by atoms with Crippen LogP contribution in [0.4, 0.5) is 10.8 Å². The van der Waals surface area contributed by atoms with E-state index in [4.69, 9.17) is 0 Å². The molecule has 0 fully saturated rings. The van der Waals surface area contributed by atoms with Gasteiger partial charge in [0.1, 0.15) is 22.1 Å². The van der Waals surface area contributed by atoms with Gasteiger partial charge in [-0.25, -0.2) is 0 Å². The number of fused-ring (bicyclic) bond motifs is 1.